The van der Waals surface area contributed by atoms with Crippen LogP contribution < -0.4 is 88.0 Å². The molecule has 4 rings (SSSR count). The Labute approximate surface area is 590 Å². The second-order valence-corrected chi connectivity index (χ2v) is 25.4. The first kappa shape index (κ1) is 83.2. The monoisotopic (exact) mass is 1400 g/mol. The minimum Gasteiger partial charge on any atom is -0.508 e. The zero-order chi connectivity index (χ0) is 74.4. The molecule has 0 saturated carbocycles. The molecular weight excluding hydrogens is 1300 g/mol. The van der Waals surface area contributed by atoms with Crippen LogP contribution in [0.15, 0.2) is 125 Å². The Morgan fingerprint density at radius 2 is 0.703 bits per heavy atom. The van der Waals surface area contributed by atoms with Crippen molar-refractivity contribution in [2.45, 2.75) is 184 Å². The molecule has 0 heterocycles. The molecule has 552 valence electrons. The highest BCUT2D eigenvalue weighted by atomic mass is 16.4. The molecule has 0 bridgehead atoms. The van der Waals surface area contributed by atoms with Crippen LogP contribution in [0, 0.1) is 11.8 Å². The van der Waals surface area contributed by atoms with Crippen LogP contribution in [0.2, 0.25) is 0 Å². The van der Waals surface area contributed by atoms with E-state index in [1.807, 2.05) is 30.3 Å². The number of rotatable bonds is 46. The molecule has 0 aliphatic rings. The van der Waals surface area contributed by atoms with Gasteiger partial charge in [0.2, 0.25) is 53.2 Å². The van der Waals surface area contributed by atoms with Gasteiger partial charge in [0.15, 0.2) is 11.9 Å². The minimum atomic E-state index is -1.54. The van der Waals surface area contributed by atoms with Crippen LogP contribution in [-0.4, -0.2) is 168 Å². The number of phenols is 1. The van der Waals surface area contributed by atoms with Gasteiger partial charge in [0, 0.05) is 32.4 Å². The lowest BCUT2D eigenvalue weighted by Crippen LogP contribution is -2.62. The Kier molecular flexibility index (Phi) is 36.9. The zero-order valence-corrected chi connectivity index (χ0v) is 58.2. The van der Waals surface area contributed by atoms with Crippen molar-refractivity contribution >= 4 is 71.1 Å². The van der Waals surface area contributed by atoms with E-state index >= 15 is 9.59 Å². The molecule has 0 radical (unpaired) electrons. The number of carboxylic acid groups (broad SMARTS) is 1. The van der Waals surface area contributed by atoms with E-state index in [0.29, 0.717) is 55.3 Å². The summed E-state index contributed by atoms with van der Waals surface area (Å²) < 4.78 is 0. The maximum absolute atomic E-state index is 15.1. The lowest BCUT2D eigenvalue weighted by Gasteiger charge is -2.31. The third-order valence-electron chi connectivity index (χ3n) is 16.8. The molecule has 25 N–H and O–H groups in total. The van der Waals surface area contributed by atoms with Gasteiger partial charge in [0.1, 0.15) is 60.1 Å². The quantitative estimate of drug-likeness (QED) is 0.0151. The Hall–Kier alpha value is -10.2. The van der Waals surface area contributed by atoms with Crippen LogP contribution in [0.3, 0.4) is 0 Å². The van der Waals surface area contributed by atoms with Gasteiger partial charge < -0.3 is 98.2 Å². The molecule has 4 aromatic rings. The number of guanidine groups is 2. The van der Waals surface area contributed by atoms with Gasteiger partial charge >= 0.3 is 5.97 Å². The highest BCUT2D eigenvalue weighted by Gasteiger charge is 2.38. The number of nitrogens with two attached hydrogens (primary N) is 7. The lowest BCUT2D eigenvalue weighted by atomic mass is 9.95. The van der Waals surface area contributed by atoms with E-state index in [4.69, 9.17) is 40.1 Å². The van der Waals surface area contributed by atoms with Gasteiger partial charge in [0.05, 0.1) is 6.04 Å². The molecular formula is C71H106N18O12. The summed E-state index contributed by atoms with van der Waals surface area (Å²) in [5.74, 6) is -10.2. The molecule has 0 fully saturated rings. The second-order valence-electron chi connectivity index (χ2n) is 25.4. The number of carbonyl (C=O) groups is 10. The highest BCUT2D eigenvalue weighted by molar-refractivity contribution is 5.99. The Balaban J connectivity index is 1.70. The number of nitrogens with one attached hydrogen (secondary N) is 9. The molecule has 0 unspecified atom stereocenters. The average Bonchev–Trinajstić information content (AvgIpc) is 0.849. The predicted molar refractivity (Wildman–Crippen MR) is 385 cm³/mol. The maximum Gasteiger partial charge on any atom is 0.326 e. The SMILES string of the molecule is CC[C@H](C)[C@H](NC(=O)[C@@H](NC(=O)[C@H](Cc1ccccc1)NC(=O)[C@@H](N)Cc1ccccc1)C(C)C)C(=O)N[C@@H](Cc1ccccc1)C(=O)N[C@@H](Cc1ccc(O)cc1)C(=O)N[C@@H](CCCN=C(N)N)C(=O)N[C@@H](CCCN=C(N)N)C(=O)N[C@@H](CCCCN)C(=O)N[C@@H](CCCCN)C(=O)O. The zero-order valence-electron chi connectivity index (χ0n) is 58.2. The molecule has 0 aliphatic carbocycles. The largest absolute Gasteiger partial charge is 0.508 e. The number of benzene rings is 4. The summed E-state index contributed by atoms with van der Waals surface area (Å²) >= 11 is 0. The number of phenolic OH excluding ortho intramolecular Hbond substituents is 1. The predicted octanol–water partition coefficient (Wildman–Crippen LogP) is -0.495. The molecule has 4 aromatic carbocycles. The number of hydrogen-bond acceptors (Lipinski definition) is 16. The van der Waals surface area contributed by atoms with Crippen molar-refractivity contribution in [1.29, 1.82) is 0 Å². The number of aliphatic carboxylic acids is 1. The number of amides is 9. The first-order chi connectivity index (χ1) is 48.2. The van der Waals surface area contributed by atoms with Crippen LogP contribution in [0.5, 0.6) is 5.75 Å². The number of aliphatic imine (C=N–C) groups is 2. The summed E-state index contributed by atoms with van der Waals surface area (Å²) in [6.07, 6.45) is 1.88. The fraction of sp³-hybridized carbons (Fsp3) is 0.493. The van der Waals surface area contributed by atoms with Crippen LogP contribution in [-0.2, 0) is 73.6 Å². The van der Waals surface area contributed by atoms with Crippen molar-refractivity contribution < 1.29 is 58.2 Å². The van der Waals surface area contributed by atoms with Crippen LogP contribution in [0.4, 0.5) is 0 Å². The van der Waals surface area contributed by atoms with Crippen molar-refractivity contribution in [2.24, 2.45) is 62.0 Å². The molecule has 0 aliphatic heterocycles. The van der Waals surface area contributed by atoms with Gasteiger partial charge in [-0.05, 0) is 130 Å². The third kappa shape index (κ3) is 30.8. The number of aromatic hydroxyl groups is 1. The molecule has 101 heavy (non-hydrogen) atoms. The van der Waals surface area contributed by atoms with E-state index in [-0.39, 0.29) is 102 Å². The number of unbranched alkanes of at least 4 members (excludes halogenated alkanes) is 2. The molecule has 11 atom stereocenters. The van der Waals surface area contributed by atoms with Crippen molar-refractivity contribution in [3.63, 3.8) is 0 Å². The molecule has 30 heteroatoms. The Morgan fingerprint density at radius 3 is 1.09 bits per heavy atom. The normalized spacial score (nSPS) is 14.3. The van der Waals surface area contributed by atoms with E-state index in [0.717, 1.165) is 5.56 Å². The van der Waals surface area contributed by atoms with Crippen LogP contribution in [0.25, 0.3) is 0 Å². The summed E-state index contributed by atoms with van der Waals surface area (Å²) in [7, 11) is 0. The Bertz CT molecular complexity index is 3320. The smallest absolute Gasteiger partial charge is 0.326 e. The number of carbonyl (C=O) groups excluding carboxylic acids is 9. The van der Waals surface area contributed by atoms with Crippen molar-refractivity contribution in [2.75, 3.05) is 26.2 Å². The highest BCUT2D eigenvalue weighted by Crippen LogP contribution is 2.17. The van der Waals surface area contributed by atoms with Gasteiger partial charge in [0.25, 0.3) is 0 Å². The van der Waals surface area contributed by atoms with Crippen LogP contribution >= 0.6 is 0 Å². The first-order valence-electron chi connectivity index (χ1n) is 34.4. The van der Waals surface area contributed by atoms with E-state index in [9.17, 15) is 48.6 Å². The van der Waals surface area contributed by atoms with E-state index in [1.165, 1.54) is 24.3 Å². The molecule has 0 saturated heterocycles. The van der Waals surface area contributed by atoms with E-state index in [1.54, 1.807) is 88.4 Å². The van der Waals surface area contributed by atoms with Crippen molar-refractivity contribution in [3.05, 3.63) is 138 Å². The number of hydrogen-bond donors (Lipinski definition) is 18. The van der Waals surface area contributed by atoms with E-state index in [2.05, 4.69) is 57.8 Å². The summed E-state index contributed by atoms with van der Waals surface area (Å²) in [5.41, 5.74) is 42.8. The van der Waals surface area contributed by atoms with Gasteiger partial charge in [-0.1, -0.05) is 137 Å². The molecule has 0 aromatic heterocycles. The van der Waals surface area contributed by atoms with Crippen molar-refractivity contribution in [3.8, 4) is 5.75 Å². The summed E-state index contributed by atoms with van der Waals surface area (Å²) in [4.78, 5) is 151. The topological polar surface area (TPSA) is 526 Å². The summed E-state index contributed by atoms with van der Waals surface area (Å²) in [5, 5.41) is 45.0. The summed E-state index contributed by atoms with van der Waals surface area (Å²) in [6, 6.07) is 19.2. The van der Waals surface area contributed by atoms with E-state index < -0.39 is 131 Å². The number of nitrogens with zero attached hydrogens (tertiary/aromatic N) is 2. The fourth-order valence-corrected chi connectivity index (χ4v) is 10.8. The standard InChI is InChI=1S/C71H106N18O12/c1-5-44(4)59(89-67(98)58(43(2)3)88-66(97)57(41-47-25-13-8-14-26-47)85-60(91)50(74)39-45-21-9-6-10-22-45)68(99)87-56(40-46-23-11-7-12-24-46)65(96)86-55(42-48-31-33-49(90)34-32-48)64(95)83-53(30-20-38-80-71(77)78)62(93)82-52(29-19-37-79-70(75)76)61(92)81-51(27-15-17-35-72)63(94)84-54(69(100)101)28-16-18-36-73/h6-14,21-26,31-34,43-44,50-59,90H,5,15-20,27-30,35-42,72-74H2,1-4H3,(H,81,92)(H,82,93)(H,83,95)(H,84,94)(H,85,91)(H,86,96)(H,87,99)(H,88,97)(H,89,98)(H,100,101)(H4,75,76,79)(H4,77,78,80)/t44-,50-,51-,52-,53-,54-,55-,56-,57-,58-,59-/m0/s1. The first-order valence-corrected chi connectivity index (χ1v) is 34.4. The second kappa shape index (κ2) is 44.7. The van der Waals surface area contributed by atoms with Gasteiger partial charge in [-0.15, -0.1) is 0 Å². The summed E-state index contributed by atoms with van der Waals surface area (Å²) in [6.45, 7) is 7.46. The Morgan fingerprint density at radius 1 is 0.386 bits per heavy atom. The fourth-order valence-electron chi connectivity index (χ4n) is 10.8. The minimum absolute atomic E-state index is 0.00611. The van der Waals surface area contributed by atoms with Crippen LogP contribution in [0.1, 0.15) is 121 Å². The lowest BCUT2D eigenvalue weighted by molar-refractivity contribution is -0.142. The van der Waals surface area contributed by atoms with Gasteiger partial charge in [-0.2, -0.15) is 0 Å². The van der Waals surface area contributed by atoms with Gasteiger partial charge in [-0.3, -0.25) is 53.1 Å². The van der Waals surface area contributed by atoms with Crippen molar-refractivity contribution in [1.82, 2.24) is 47.9 Å². The average molecular weight is 1400 g/mol. The molecule has 30 nitrogen and oxygen atoms in total. The number of carboxylic acids is 1. The molecule has 9 amide bonds. The third-order valence-corrected chi connectivity index (χ3v) is 16.8. The maximum atomic E-state index is 15.1. The molecule has 0 spiro atoms. The van der Waals surface area contributed by atoms with Gasteiger partial charge in [-0.25, -0.2) is 4.79 Å².